The number of piperidine rings is 1. The number of nitrogens with one attached hydrogen (secondary N) is 2. The summed E-state index contributed by atoms with van der Waals surface area (Å²) >= 11 is 0. The van der Waals surface area contributed by atoms with Crippen molar-refractivity contribution < 1.29 is 61.8 Å². The van der Waals surface area contributed by atoms with Crippen molar-refractivity contribution in [1.29, 1.82) is 0 Å². The van der Waals surface area contributed by atoms with Gasteiger partial charge in [0, 0.05) is 18.7 Å². The van der Waals surface area contributed by atoms with Gasteiger partial charge in [-0.25, -0.2) is 0 Å². The Bertz CT molecular complexity index is 1870. The zero-order chi connectivity index (χ0) is 40.6. The molecule has 2 aliphatic heterocycles. The molecular formula is C41H49N3O13. The summed E-state index contributed by atoms with van der Waals surface area (Å²) in [5.74, 6) is 0.682. The third kappa shape index (κ3) is 11.2. The van der Waals surface area contributed by atoms with Crippen molar-refractivity contribution in [3.8, 4) is 28.7 Å². The van der Waals surface area contributed by atoms with Crippen LogP contribution in [0.25, 0.3) is 12.2 Å². The Morgan fingerprint density at radius 2 is 1.26 bits per heavy atom. The zero-order valence-corrected chi connectivity index (χ0v) is 32.6. The van der Waals surface area contributed by atoms with Crippen molar-refractivity contribution in [1.82, 2.24) is 10.2 Å². The van der Waals surface area contributed by atoms with Crippen LogP contribution in [-0.4, -0.2) is 129 Å². The molecule has 2 aliphatic rings. The fourth-order valence-electron chi connectivity index (χ4n) is 6.19. The van der Waals surface area contributed by atoms with Crippen LogP contribution < -0.4 is 34.3 Å². The van der Waals surface area contributed by atoms with Crippen molar-refractivity contribution in [3.05, 3.63) is 70.8 Å². The largest absolute Gasteiger partial charge is 0.493 e. The highest BCUT2D eigenvalue weighted by Gasteiger charge is 2.45. The Balaban J connectivity index is 0.902. The number of carbonyl (C=O) groups is 4. The van der Waals surface area contributed by atoms with Gasteiger partial charge in [-0.15, -0.1) is 0 Å². The lowest BCUT2D eigenvalue weighted by molar-refractivity contribution is -0.136. The van der Waals surface area contributed by atoms with E-state index in [2.05, 4.69) is 10.6 Å². The van der Waals surface area contributed by atoms with Gasteiger partial charge in [0.2, 0.25) is 17.6 Å². The molecule has 16 nitrogen and oxygen atoms in total. The number of ether oxygens (including phenoxy) is 9. The van der Waals surface area contributed by atoms with E-state index < -0.39 is 29.7 Å². The molecule has 0 aliphatic carbocycles. The van der Waals surface area contributed by atoms with Crippen molar-refractivity contribution >= 4 is 41.5 Å². The Morgan fingerprint density at radius 3 is 1.88 bits per heavy atom. The van der Waals surface area contributed by atoms with Crippen LogP contribution in [0.2, 0.25) is 0 Å². The minimum Gasteiger partial charge on any atom is -0.493 e. The van der Waals surface area contributed by atoms with Gasteiger partial charge in [0.15, 0.2) is 23.0 Å². The fourth-order valence-corrected chi connectivity index (χ4v) is 6.19. The van der Waals surface area contributed by atoms with Gasteiger partial charge in [-0.3, -0.25) is 29.4 Å². The summed E-state index contributed by atoms with van der Waals surface area (Å²) in [6, 6.07) is 13.3. The van der Waals surface area contributed by atoms with E-state index in [1.165, 1.54) is 0 Å². The number of anilines is 1. The number of amides is 4. The molecule has 1 atom stereocenters. The summed E-state index contributed by atoms with van der Waals surface area (Å²) in [6.45, 7) is 3.71. The predicted octanol–water partition coefficient (Wildman–Crippen LogP) is 3.85. The van der Waals surface area contributed by atoms with Crippen molar-refractivity contribution in [2.24, 2.45) is 0 Å². The van der Waals surface area contributed by atoms with Crippen LogP contribution in [0.15, 0.2) is 48.5 Å². The SMILES string of the molecule is COc1ccc(C=Cc2cc(OC)c(OC)c(OC)c2)cc1OCCOCCOCCOCCOCCNc1cccc2c1C(=O)N(C1CCC(=O)NC1=O)C2=O. The van der Waals surface area contributed by atoms with Gasteiger partial charge in [-0.05, 0) is 53.9 Å². The van der Waals surface area contributed by atoms with Gasteiger partial charge < -0.3 is 47.9 Å². The average Bonchev–Trinajstić information content (AvgIpc) is 3.48. The molecule has 16 heteroatoms. The molecule has 1 fully saturated rings. The monoisotopic (exact) mass is 791 g/mol. The molecule has 5 rings (SSSR count). The fraction of sp³-hybridized carbons (Fsp3) is 0.415. The highest BCUT2D eigenvalue weighted by molar-refractivity contribution is 6.25. The maximum absolute atomic E-state index is 13.2. The van der Waals surface area contributed by atoms with Gasteiger partial charge in [0.1, 0.15) is 12.6 Å². The molecule has 0 saturated carbocycles. The van der Waals surface area contributed by atoms with E-state index in [1.54, 1.807) is 46.6 Å². The molecule has 1 saturated heterocycles. The molecule has 0 radical (unpaired) electrons. The van der Waals surface area contributed by atoms with E-state index in [9.17, 15) is 19.2 Å². The molecule has 3 aromatic carbocycles. The molecule has 3 aromatic rings. The first-order valence-electron chi connectivity index (χ1n) is 18.5. The summed E-state index contributed by atoms with van der Waals surface area (Å²) in [5.41, 5.74) is 2.67. The van der Waals surface area contributed by atoms with Crippen molar-refractivity contribution in [3.63, 3.8) is 0 Å². The zero-order valence-electron chi connectivity index (χ0n) is 32.6. The topological polar surface area (TPSA) is 179 Å². The second-order valence-electron chi connectivity index (χ2n) is 12.6. The predicted molar refractivity (Wildman–Crippen MR) is 208 cm³/mol. The minimum atomic E-state index is -1.02. The summed E-state index contributed by atoms with van der Waals surface area (Å²) in [7, 11) is 6.31. The van der Waals surface area contributed by atoms with Gasteiger partial charge >= 0.3 is 0 Å². The third-order valence-corrected chi connectivity index (χ3v) is 8.97. The standard InChI is InChI=1S/C41H49N3O13/c1-49-32-12-10-27(8-9-28-25-34(50-2)38(52-4)35(26-28)51-3)24-33(32)57-23-22-56-21-20-55-19-18-54-17-16-53-15-14-42-30-7-5-6-29-37(30)41(48)44(40(29)47)31-11-13-36(45)43-39(31)46/h5-10,12,24-26,31,42H,11,13-23H2,1-4H3,(H,43,45,46). The summed E-state index contributed by atoms with van der Waals surface area (Å²) in [5, 5.41) is 5.34. The number of carbonyl (C=O) groups excluding carboxylic acids is 4. The van der Waals surface area contributed by atoms with E-state index in [0.717, 1.165) is 16.0 Å². The summed E-state index contributed by atoms with van der Waals surface area (Å²) in [6.07, 6.45) is 4.05. The number of nitrogens with zero attached hydrogens (tertiary/aromatic N) is 1. The highest BCUT2D eigenvalue weighted by Crippen LogP contribution is 2.39. The Morgan fingerprint density at radius 1 is 0.667 bits per heavy atom. The summed E-state index contributed by atoms with van der Waals surface area (Å²) in [4.78, 5) is 51.0. The normalized spacial score (nSPS) is 15.2. The molecule has 2 N–H and O–H groups in total. The quantitative estimate of drug-likeness (QED) is 0.0760. The van der Waals surface area contributed by atoms with Gasteiger partial charge in [0.05, 0.1) is 92.4 Å². The lowest BCUT2D eigenvalue weighted by Crippen LogP contribution is -2.54. The van der Waals surface area contributed by atoms with E-state index in [-0.39, 0.29) is 24.0 Å². The number of methoxy groups -OCH3 is 4. The van der Waals surface area contributed by atoms with Crippen LogP contribution in [0.1, 0.15) is 44.7 Å². The maximum Gasteiger partial charge on any atom is 0.264 e. The Labute approximate surface area is 331 Å². The van der Waals surface area contributed by atoms with E-state index >= 15 is 0 Å². The highest BCUT2D eigenvalue weighted by atomic mass is 16.6. The molecule has 2 heterocycles. The number of rotatable bonds is 24. The second-order valence-corrected chi connectivity index (χ2v) is 12.6. The molecule has 0 aromatic heterocycles. The first-order valence-corrected chi connectivity index (χ1v) is 18.5. The molecule has 0 bridgehead atoms. The maximum atomic E-state index is 13.2. The van der Waals surface area contributed by atoms with Gasteiger partial charge in [0.25, 0.3) is 11.8 Å². The van der Waals surface area contributed by atoms with Crippen LogP contribution >= 0.6 is 0 Å². The first-order chi connectivity index (χ1) is 27.8. The van der Waals surface area contributed by atoms with Crippen molar-refractivity contribution in [2.75, 3.05) is 99.8 Å². The van der Waals surface area contributed by atoms with Crippen LogP contribution in [-0.2, 0) is 28.5 Å². The third-order valence-electron chi connectivity index (χ3n) is 8.97. The van der Waals surface area contributed by atoms with Gasteiger partial charge in [-0.1, -0.05) is 24.3 Å². The minimum absolute atomic E-state index is 0.0606. The van der Waals surface area contributed by atoms with E-state index in [1.807, 2.05) is 42.5 Å². The number of hydrogen-bond acceptors (Lipinski definition) is 14. The summed E-state index contributed by atoms with van der Waals surface area (Å²) < 4.78 is 50.1. The van der Waals surface area contributed by atoms with Crippen LogP contribution in [0.4, 0.5) is 5.69 Å². The van der Waals surface area contributed by atoms with E-state index in [0.29, 0.717) is 100 Å². The Kier molecular flexibility index (Phi) is 16.1. The molecule has 4 amide bonds. The van der Waals surface area contributed by atoms with Gasteiger partial charge in [-0.2, -0.15) is 0 Å². The number of fused-ring (bicyclic) bond motifs is 1. The lowest BCUT2D eigenvalue weighted by Gasteiger charge is -2.27. The lowest BCUT2D eigenvalue weighted by atomic mass is 10.0. The molecular weight excluding hydrogens is 742 g/mol. The van der Waals surface area contributed by atoms with E-state index in [4.69, 9.17) is 42.6 Å². The average molecular weight is 792 g/mol. The Hall–Kier alpha value is -5.68. The molecule has 0 spiro atoms. The number of hydrogen-bond donors (Lipinski definition) is 2. The van der Waals surface area contributed by atoms with Crippen LogP contribution in [0.5, 0.6) is 28.7 Å². The van der Waals surface area contributed by atoms with Crippen LogP contribution in [0.3, 0.4) is 0 Å². The van der Waals surface area contributed by atoms with Crippen LogP contribution in [0, 0.1) is 0 Å². The number of imide groups is 2. The number of benzene rings is 3. The molecule has 306 valence electrons. The molecule has 1 unspecified atom stereocenters. The second kappa shape index (κ2) is 21.6. The molecule has 57 heavy (non-hydrogen) atoms. The first kappa shape index (κ1) is 42.5. The van der Waals surface area contributed by atoms with Crippen molar-refractivity contribution in [2.45, 2.75) is 18.9 Å². The smallest absolute Gasteiger partial charge is 0.264 e.